The zero-order valence-electron chi connectivity index (χ0n) is 22.6. The van der Waals surface area contributed by atoms with Crippen LogP contribution >= 0.6 is 0 Å². The number of ketones is 1. The quantitative estimate of drug-likeness (QED) is 0.226. The number of aryl methyl sites for hydroxylation is 1. The van der Waals surface area contributed by atoms with E-state index in [4.69, 9.17) is 0 Å². The Morgan fingerprint density at radius 2 is 1.49 bits per heavy atom. The molecule has 0 atom stereocenters. The topological polar surface area (TPSA) is 51.1 Å². The van der Waals surface area contributed by atoms with Crippen LogP contribution < -0.4 is 5.32 Å². The van der Waals surface area contributed by atoms with Crippen molar-refractivity contribution in [2.45, 2.75) is 25.7 Å². The molecule has 0 radical (unpaired) electrons. The Balaban J connectivity index is 1.55. The van der Waals surface area contributed by atoms with Gasteiger partial charge in [0.2, 0.25) is 0 Å². The summed E-state index contributed by atoms with van der Waals surface area (Å²) in [7, 11) is 3.51. The predicted octanol–water partition coefficient (Wildman–Crippen LogP) is 7.56. The minimum Gasteiger partial charge on any atom is -0.355 e. The lowest BCUT2D eigenvalue weighted by Crippen LogP contribution is -2.21. The van der Waals surface area contributed by atoms with Gasteiger partial charge in [0, 0.05) is 37.0 Å². The first kappa shape index (κ1) is 26.1. The standard InChI is InChI=1S/C34H31FN2O2/c1-34(2,26-11-6-5-7-12-26)21-30(38)25-10-8-9-23(19-25)24-15-18-29-28(20-24)31(33(39)36-3)32(37(29)4)22-13-16-27(35)17-14-22/h5-20H,21H2,1-4H3,(H,36,39). The van der Waals surface area contributed by atoms with E-state index in [2.05, 4.69) is 31.3 Å². The summed E-state index contributed by atoms with van der Waals surface area (Å²) >= 11 is 0. The molecule has 5 aromatic rings. The average molecular weight is 519 g/mol. The summed E-state index contributed by atoms with van der Waals surface area (Å²) in [6.07, 6.45) is 0.389. The number of carbonyl (C=O) groups is 2. The second kappa shape index (κ2) is 10.3. The van der Waals surface area contributed by atoms with Crippen molar-refractivity contribution in [1.82, 2.24) is 9.88 Å². The molecule has 39 heavy (non-hydrogen) atoms. The molecule has 4 aromatic carbocycles. The van der Waals surface area contributed by atoms with Crippen LogP contribution in [0.2, 0.25) is 0 Å². The van der Waals surface area contributed by atoms with Crippen molar-refractivity contribution in [1.29, 1.82) is 0 Å². The van der Waals surface area contributed by atoms with Crippen molar-refractivity contribution in [2.75, 3.05) is 7.05 Å². The molecule has 5 rings (SSSR count). The first-order chi connectivity index (χ1) is 18.7. The lowest BCUT2D eigenvalue weighted by Gasteiger charge is -2.24. The lowest BCUT2D eigenvalue weighted by molar-refractivity contribution is 0.0952. The van der Waals surface area contributed by atoms with Crippen LogP contribution in [0.4, 0.5) is 4.39 Å². The third-order valence-electron chi connectivity index (χ3n) is 7.45. The van der Waals surface area contributed by atoms with E-state index in [1.54, 1.807) is 19.2 Å². The Bertz CT molecular complexity index is 1680. The number of carbonyl (C=O) groups excluding carboxylic acids is 2. The summed E-state index contributed by atoms with van der Waals surface area (Å²) in [6.45, 7) is 4.18. The van der Waals surface area contributed by atoms with Crippen LogP contribution in [0, 0.1) is 5.82 Å². The van der Waals surface area contributed by atoms with E-state index in [-0.39, 0.29) is 22.9 Å². The highest BCUT2D eigenvalue weighted by atomic mass is 19.1. The van der Waals surface area contributed by atoms with Crippen LogP contribution in [0.3, 0.4) is 0 Å². The minimum absolute atomic E-state index is 0.0798. The van der Waals surface area contributed by atoms with E-state index >= 15 is 0 Å². The number of benzene rings is 4. The monoisotopic (exact) mass is 518 g/mol. The Morgan fingerprint density at radius 1 is 0.821 bits per heavy atom. The van der Waals surface area contributed by atoms with Crippen LogP contribution in [-0.4, -0.2) is 23.3 Å². The normalized spacial score (nSPS) is 11.5. The molecule has 0 aliphatic rings. The Hall–Kier alpha value is -4.51. The van der Waals surface area contributed by atoms with Gasteiger partial charge < -0.3 is 9.88 Å². The van der Waals surface area contributed by atoms with Crippen molar-refractivity contribution >= 4 is 22.6 Å². The van der Waals surface area contributed by atoms with Gasteiger partial charge in [-0.15, -0.1) is 0 Å². The molecule has 0 fully saturated rings. The second-order valence-electron chi connectivity index (χ2n) is 10.5. The van der Waals surface area contributed by atoms with Gasteiger partial charge in [0.15, 0.2) is 5.78 Å². The molecular formula is C34H31FN2O2. The van der Waals surface area contributed by atoms with Gasteiger partial charge in [-0.1, -0.05) is 68.4 Å². The minimum atomic E-state index is -0.331. The molecule has 0 bridgehead atoms. The van der Waals surface area contributed by atoms with Gasteiger partial charge in [-0.25, -0.2) is 4.39 Å². The zero-order valence-corrected chi connectivity index (χ0v) is 22.6. The number of nitrogens with zero attached hydrogens (tertiary/aromatic N) is 1. The highest BCUT2D eigenvalue weighted by Crippen LogP contribution is 2.36. The molecule has 0 saturated carbocycles. The van der Waals surface area contributed by atoms with Gasteiger partial charge in [-0.3, -0.25) is 9.59 Å². The lowest BCUT2D eigenvalue weighted by atomic mass is 9.79. The molecule has 0 unspecified atom stereocenters. The number of fused-ring (bicyclic) bond motifs is 1. The maximum absolute atomic E-state index is 13.6. The SMILES string of the molecule is CNC(=O)c1c(-c2ccc(F)cc2)n(C)c2ccc(-c3cccc(C(=O)CC(C)(C)c4ccccc4)c3)cc12. The van der Waals surface area contributed by atoms with Crippen molar-refractivity contribution in [3.8, 4) is 22.4 Å². The summed E-state index contributed by atoms with van der Waals surface area (Å²) in [6, 6.07) is 29.9. The van der Waals surface area contributed by atoms with Gasteiger partial charge in [0.1, 0.15) is 5.82 Å². The number of hydrogen-bond acceptors (Lipinski definition) is 2. The molecule has 1 N–H and O–H groups in total. The largest absolute Gasteiger partial charge is 0.355 e. The van der Waals surface area contributed by atoms with E-state index in [9.17, 15) is 14.0 Å². The highest BCUT2D eigenvalue weighted by Gasteiger charge is 2.25. The van der Waals surface area contributed by atoms with Gasteiger partial charge >= 0.3 is 0 Å². The van der Waals surface area contributed by atoms with Gasteiger partial charge in [0.05, 0.1) is 11.3 Å². The first-order valence-corrected chi connectivity index (χ1v) is 13.0. The molecule has 1 amide bonds. The molecule has 5 heteroatoms. The fourth-order valence-electron chi connectivity index (χ4n) is 5.29. The molecule has 196 valence electrons. The van der Waals surface area contributed by atoms with Gasteiger partial charge in [-0.2, -0.15) is 0 Å². The number of rotatable bonds is 7. The maximum Gasteiger partial charge on any atom is 0.253 e. The highest BCUT2D eigenvalue weighted by molar-refractivity contribution is 6.13. The second-order valence-corrected chi connectivity index (χ2v) is 10.5. The number of hydrogen-bond donors (Lipinski definition) is 1. The number of halogens is 1. The van der Waals surface area contributed by atoms with E-state index in [1.165, 1.54) is 12.1 Å². The molecule has 1 aromatic heterocycles. The Morgan fingerprint density at radius 3 is 2.18 bits per heavy atom. The van der Waals surface area contributed by atoms with Crippen molar-refractivity contribution in [3.63, 3.8) is 0 Å². The van der Waals surface area contributed by atoms with E-state index in [0.29, 0.717) is 23.2 Å². The fourth-order valence-corrected chi connectivity index (χ4v) is 5.29. The fraction of sp³-hybridized carbons (Fsp3) is 0.176. The Labute approximate surface area is 228 Å². The molecule has 0 saturated heterocycles. The van der Waals surface area contributed by atoms with E-state index < -0.39 is 0 Å². The number of amides is 1. The number of nitrogens with one attached hydrogen (secondary N) is 1. The third kappa shape index (κ3) is 5.00. The summed E-state index contributed by atoms with van der Waals surface area (Å²) in [5.41, 5.74) is 6.17. The molecule has 0 aliphatic heterocycles. The predicted molar refractivity (Wildman–Crippen MR) is 156 cm³/mol. The molecule has 0 aliphatic carbocycles. The number of Topliss-reactive ketones (excluding diaryl/α,β-unsaturated/α-hetero) is 1. The molecule has 1 heterocycles. The van der Waals surface area contributed by atoms with Gasteiger partial charge in [-0.05, 0) is 70.1 Å². The van der Waals surface area contributed by atoms with Crippen molar-refractivity contribution in [2.24, 2.45) is 7.05 Å². The van der Waals surface area contributed by atoms with Crippen LogP contribution in [-0.2, 0) is 12.5 Å². The van der Waals surface area contributed by atoms with Crippen molar-refractivity contribution < 1.29 is 14.0 Å². The summed E-state index contributed by atoms with van der Waals surface area (Å²) < 4.78 is 15.6. The molecular weight excluding hydrogens is 487 g/mol. The van der Waals surface area contributed by atoms with E-state index in [0.717, 1.165) is 33.2 Å². The van der Waals surface area contributed by atoms with E-state index in [1.807, 2.05) is 72.3 Å². The van der Waals surface area contributed by atoms with Crippen LogP contribution in [0.15, 0.2) is 97.1 Å². The average Bonchev–Trinajstić information content (AvgIpc) is 3.24. The van der Waals surface area contributed by atoms with Crippen LogP contribution in [0.5, 0.6) is 0 Å². The summed E-state index contributed by atoms with van der Waals surface area (Å²) in [5.74, 6) is -0.469. The smallest absolute Gasteiger partial charge is 0.253 e. The van der Waals surface area contributed by atoms with Crippen molar-refractivity contribution in [3.05, 3.63) is 120 Å². The van der Waals surface area contributed by atoms with Crippen LogP contribution in [0.25, 0.3) is 33.3 Å². The first-order valence-electron chi connectivity index (χ1n) is 13.0. The summed E-state index contributed by atoms with van der Waals surface area (Å²) in [5, 5.41) is 3.54. The molecule has 4 nitrogen and oxygen atoms in total. The zero-order chi connectivity index (χ0) is 27.7. The molecule has 0 spiro atoms. The third-order valence-corrected chi connectivity index (χ3v) is 7.45. The van der Waals surface area contributed by atoms with Crippen LogP contribution in [0.1, 0.15) is 46.5 Å². The van der Waals surface area contributed by atoms with Gasteiger partial charge in [0.25, 0.3) is 5.91 Å². The maximum atomic E-state index is 13.6. The number of aromatic nitrogens is 1. The Kier molecular flexibility index (Phi) is 6.92. The summed E-state index contributed by atoms with van der Waals surface area (Å²) in [4.78, 5) is 26.5.